The molecular weight excluding hydrogens is 218 g/mol. The predicted molar refractivity (Wildman–Crippen MR) is 53.8 cm³/mol. The van der Waals surface area contributed by atoms with Crippen molar-refractivity contribution in [2.45, 2.75) is 0 Å². The standard InChI is InChI=1S/C9H6ClN3O2/c10-6-3-1-2-5(4-6)7-11-8(9(14)15)13-12-7/h1-4H,(H,14,15)(H,11,12,13). The number of aromatic carboxylic acids is 1. The molecule has 2 aromatic rings. The van der Waals surface area contributed by atoms with Gasteiger partial charge in [0.2, 0.25) is 5.82 Å². The highest BCUT2D eigenvalue weighted by atomic mass is 35.5. The van der Waals surface area contributed by atoms with Gasteiger partial charge in [-0.1, -0.05) is 23.7 Å². The van der Waals surface area contributed by atoms with Crippen LogP contribution < -0.4 is 0 Å². The van der Waals surface area contributed by atoms with Crippen LogP contribution in [0.5, 0.6) is 0 Å². The lowest BCUT2D eigenvalue weighted by atomic mass is 10.2. The molecule has 15 heavy (non-hydrogen) atoms. The molecule has 0 atom stereocenters. The topological polar surface area (TPSA) is 78.9 Å². The number of nitrogens with zero attached hydrogens (tertiary/aromatic N) is 2. The van der Waals surface area contributed by atoms with Crippen LogP contribution in [0.2, 0.25) is 5.02 Å². The zero-order chi connectivity index (χ0) is 10.8. The summed E-state index contributed by atoms with van der Waals surface area (Å²) in [7, 11) is 0. The summed E-state index contributed by atoms with van der Waals surface area (Å²) in [5.41, 5.74) is 0.672. The number of aromatic amines is 1. The molecule has 6 heteroatoms. The SMILES string of the molecule is O=C(O)c1nc(-c2cccc(Cl)c2)n[nH]1. The Balaban J connectivity index is 2.41. The van der Waals surface area contributed by atoms with Crippen molar-refractivity contribution >= 4 is 17.6 Å². The fraction of sp³-hybridized carbons (Fsp3) is 0. The summed E-state index contributed by atoms with van der Waals surface area (Å²) in [5, 5.41) is 15.3. The van der Waals surface area contributed by atoms with Crippen molar-refractivity contribution in [2.24, 2.45) is 0 Å². The summed E-state index contributed by atoms with van der Waals surface area (Å²) in [5.74, 6) is -1.02. The third kappa shape index (κ3) is 1.97. The van der Waals surface area contributed by atoms with Crippen LogP contribution in [0, 0.1) is 0 Å². The van der Waals surface area contributed by atoms with Gasteiger partial charge < -0.3 is 5.11 Å². The van der Waals surface area contributed by atoms with Crippen molar-refractivity contribution < 1.29 is 9.90 Å². The molecule has 2 N–H and O–H groups in total. The molecule has 0 radical (unpaired) electrons. The number of aromatic nitrogens is 3. The van der Waals surface area contributed by atoms with Crippen molar-refractivity contribution in [2.75, 3.05) is 0 Å². The van der Waals surface area contributed by atoms with Crippen LogP contribution >= 0.6 is 11.6 Å². The molecule has 1 aromatic heterocycles. The summed E-state index contributed by atoms with van der Waals surface area (Å²) in [6.07, 6.45) is 0. The zero-order valence-electron chi connectivity index (χ0n) is 7.44. The first-order valence-corrected chi connectivity index (χ1v) is 4.46. The van der Waals surface area contributed by atoms with Crippen LogP contribution in [0.4, 0.5) is 0 Å². The Morgan fingerprint density at radius 3 is 2.87 bits per heavy atom. The van der Waals surface area contributed by atoms with E-state index in [2.05, 4.69) is 15.2 Å². The molecular formula is C9H6ClN3O2. The number of halogens is 1. The molecule has 1 heterocycles. The van der Waals surface area contributed by atoms with Gasteiger partial charge in [0.05, 0.1) is 0 Å². The second-order valence-electron chi connectivity index (χ2n) is 2.82. The van der Waals surface area contributed by atoms with E-state index in [1.807, 2.05) is 0 Å². The van der Waals surface area contributed by atoms with Crippen LogP contribution in [0.25, 0.3) is 11.4 Å². The highest BCUT2D eigenvalue weighted by Crippen LogP contribution is 2.18. The monoisotopic (exact) mass is 223 g/mol. The zero-order valence-corrected chi connectivity index (χ0v) is 8.19. The van der Waals surface area contributed by atoms with Crippen LogP contribution in [-0.2, 0) is 0 Å². The van der Waals surface area contributed by atoms with Crippen molar-refractivity contribution in [1.29, 1.82) is 0 Å². The smallest absolute Gasteiger partial charge is 0.373 e. The van der Waals surface area contributed by atoms with E-state index < -0.39 is 5.97 Å². The highest BCUT2D eigenvalue weighted by Gasteiger charge is 2.10. The van der Waals surface area contributed by atoms with Crippen LogP contribution in [0.1, 0.15) is 10.6 Å². The van der Waals surface area contributed by atoms with E-state index in [-0.39, 0.29) is 5.82 Å². The molecule has 76 valence electrons. The van der Waals surface area contributed by atoms with Gasteiger partial charge in [-0.3, -0.25) is 5.10 Å². The number of carboxylic acid groups (broad SMARTS) is 1. The summed E-state index contributed by atoms with van der Waals surface area (Å²) in [4.78, 5) is 14.3. The Hall–Kier alpha value is -1.88. The van der Waals surface area contributed by atoms with Gasteiger partial charge in [-0.2, -0.15) is 5.10 Å². The highest BCUT2D eigenvalue weighted by molar-refractivity contribution is 6.30. The Bertz CT molecular complexity index is 510. The maximum atomic E-state index is 10.6. The summed E-state index contributed by atoms with van der Waals surface area (Å²) < 4.78 is 0. The van der Waals surface area contributed by atoms with Gasteiger partial charge in [0, 0.05) is 10.6 Å². The molecule has 1 aromatic carbocycles. The van der Waals surface area contributed by atoms with Gasteiger partial charge in [0.15, 0.2) is 5.82 Å². The first-order chi connectivity index (χ1) is 7.16. The minimum Gasteiger partial charge on any atom is -0.475 e. The predicted octanol–water partition coefficient (Wildman–Crippen LogP) is 1.82. The lowest BCUT2D eigenvalue weighted by Crippen LogP contribution is -1.98. The minimum absolute atomic E-state index is 0.190. The van der Waals surface area contributed by atoms with E-state index in [9.17, 15) is 4.79 Å². The number of nitrogens with one attached hydrogen (secondary N) is 1. The van der Waals surface area contributed by atoms with Crippen LogP contribution in [-0.4, -0.2) is 26.3 Å². The molecule has 0 fully saturated rings. The molecule has 0 saturated carbocycles. The average Bonchev–Trinajstić information content (AvgIpc) is 2.66. The second kappa shape index (κ2) is 3.70. The van der Waals surface area contributed by atoms with Gasteiger partial charge in [-0.05, 0) is 12.1 Å². The quantitative estimate of drug-likeness (QED) is 0.814. The van der Waals surface area contributed by atoms with E-state index in [1.54, 1.807) is 24.3 Å². The molecule has 0 bridgehead atoms. The lowest BCUT2D eigenvalue weighted by molar-refractivity contribution is 0.0684. The minimum atomic E-state index is -1.14. The van der Waals surface area contributed by atoms with Gasteiger partial charge in [0.1, 0.15) is 0 Å². The number of carboxylic acids is 1. The molecule has 0 aliphatic rings. The van der Waals surface area contributed by atoms with Crippen molar-refractivity contribution in [3.8, 4) is 11.4 Å². The molecule has 0 aliphatic carbocycles. The van der Waals surface area contributed by atoms with Crippen molar-refractivity contribution in [3.05, 3.63) is 35.1 Å². The third-order valence-corrected chi connectivity index (χ3v) is 2.01. The number of hydrogen-bond donors (Lipinski definition) is 2. The van der Waals surface area contributed by atoms with E-state index in [4.69, 9.17) is 16.7 Å². The van der Waals surface area contributed by atoms with E-state index in [0.717, 1.165) is 0 Å². The number of hydrogen-bond acceptors (Lipinski definition) is 3. The normalized spacial score (nSPS) is 10.2. The largest absolute Gasteiger partial charge is 0.475 e. The Kier molecular flexibility index (Phi) is 2.39. The fourth-order valence-electron chi connectivity index (χ4n) is 1.11. The Labute approximate surface area is 89.7 Å². The molecule has 2 rings (SSSR count). The van der Waals surface area contributed by atoms with Crippen molar-refractivity contribution in [3.63, 3.8) is 0 Å². The van der Waals surface area contributed by atoms with Gasteiger partial charge >= 0.3 is 5.97 Å². The second-order valence-corrected chi connectivity index (χ2v) is 3.26. The lowest BCUT2D eigenvalue weighted by Gasteiger charge is -1.94. The maximum absolute atomic E-state index is 10.6. The first kappa shape index (κ1) is 9.67. The number of carbonyl (C=O) groups is 1. The first-order valence-electron chi connectivity index (χ1n) is 4.08. The summed E-state index contributed by atoms with van der Waals surface area (Å²) >= 11 is 5.78. The van der Waals surface area contributed by atoms with Crippen LogP contribution in [0.3, 0.4) is 0 Å². The van der Waals surface area contributed by atoms with Gasteiger partial charge in [0.25, 0.3) is 0 Å². The van der Waals surface area contributed by atoms with E-state index in [1.165, 1.54) is 0 Å². The number of benzene rings is 1. The maximum Gasteiger partial charge on any atom is 0.373 e. The summed E-state index contributed by atoms with van der Waals surface area (Å²) in [6.45, 7) is 0. The fourth-order valence-corrected chi connectivity index (χ4v) is 1.30. The Morgan fingerprint density at radius 1 is 1.47 bits per heavy atom. The molecule has 0 spiro atoms. The average molecular weight is 224 g/mol. The third-order valence-electron chi connectivity index (χ3n) is 1.77. The molecule has 0 unspecified atom stereocenters. The van der Waals surface area contributed by atoms with Crippen molar-refractivity contribution in [1.82, 2.24) is 15.2 Å². The van der Waals surface area contributed by atoms with E-state index >= 15 is 0 Å². The Morgan fingerprint density at radius 2 is 2.27 bits per heavy atom. The molecule has 0 saturated heterocycles. The van der Waals surface area contributed by atoms with Gasteiger partial charge in [-0.15, -0.1) is 0 Å². The van der Waals surface area contributed by atoms with E-state index in [0.29, 0.717) is 16.4 Å². The molecule has 0 amide bonds. The number of H-pyrrole nitrogens is 1. The number of rotatable bonds is 2. The summed E-state index contributed by atoms with van der Waals surface area (Å²) in [6, 6.07) is 6.88. The van der Waals surface area contributed by atoms with Crippen LogP contribution in [0.15, 0.2) is 24.3 Å². The van der Waals surface area contributed by atoms with Gasteiger partial charge in [-0.25, -0.2) is 9.78 Å². The molecule has 5 nitrogen and oxygen atoms in total. The molecule has 0 aliphatic heterocycles.